The minimum atomic E-state index is -0.527. The van der Waals surface area contributed by atoms with Crippen LogP contribution in [0, 0.1) is 17.9 Å². The molecule has 1 aromatic rings. The number of ether oxygens (including phenoxy) is 1. The number of carbonyl (C=O) groups is 2. The molecule has 3 aliphatic rings. The lowest BCUT2D eigenvalue weighted by molar-refractivity contribution is -0.139. The van der Waals surface area contributed by atoms with Gasteiger partial charge < -0.3 is 19.6 Å². The molecule has 3 fully saturated rings. The van der Waals surface area contributed by atoms with Crippen LogP contribution in [0.5, 0.6) is 0 Å². The monoisotopic (exact) mass is 468 g/mol. The Morgan fingerprint density at radius 3 is 2.74 bits per heavy atom. The zero-order chi connectivity index (χ0) is 24.3. The Balaban J connectivity index is 1.45. The third kappa shape index (κ3) is 5.15. The Hall–Kier alpha value is -2.79. The number of anilines is 2. The number of amides is 2. The van der Waals surface area contributed by atoms with E-state index in [1.807, 2.05) is 19.9 Å². The van der Waals surface area contributed by atoms with E-state index in [2.05, 4.69) is 20.0 Å². The van der Waals surface area contributed by atoms with Crippen LogP contribution in [0.1, 0.15) is 58.8 Å². The largest absolute Gasteiger partial charge is 0.449 e. The van der Waals surface area contributed by atoms with Gasteiger partial charge in [0.1, 0.15) is 0 Å². The number of aliphatic hydroxyl groups is 1. The number of hydrogen-bond acceptors (Lipinski definition) is 5. The van der Waals surface area contributed by atoms with Crippen molar-refractivity contribution < 1.29 is 19.4 Å². The summed E-state index contributed by atoms with van der Waals surface area (Å²) in [5.41, 5.74) is 1.40. The molecule has 0 unspecified atom stereocenters. The summed E-state index contributed by atoms with van der Waals surface area (Å²) in [6, 6.07) is 5.57. The molecule has 2 N–H and O–H groups in total. The number of rotatable bonds is 5. The number of hydrogen-bond donors (Lipinski definition) is 2. The van der Waals surface area contributed by atoms with Gasteiger partial charge in [0.15, 0.2) is 0 Å². The summed E-state index contributed by atoms with van der Waals surface area (Å²) in [6.07, 6.45) is 5.17. The third-order valence-electron chi connectivity index (χ3n) is 7.46. The fraction of sp³-hybridized carbons (Fsp3) is 0.654. The Labute approximate surface area is 202 Å². The number of nitrogens with one attached hydrogen (secondary N) is 1. The molecule has 34 heavy (non-hydrogen) atoms. The fourth-order valence-electron chi connectivity index (χ4n) is 5.64. The van der Waals surface area contributed by atoms with E-state index in [0.717, 1.165) is 63.7 Å². The Kier molecular flexibility index (Phi) is 7.32. The normalized spacial score (nSPS) is 27.2. The summed E-state index contributed by atoms with van der Waals surface area (Å²) < 4.78 is 5.17. The fourth-order valence-corrected chi connectivity index (χ4v) is 5.64. The van der Waals surface area contributed by atoms with Crippen molar-refractivity contribution in [3.8, 4) is 0 Å². The van der Waals surface area contributed by atoms with Crippen LogP contribution < -0.4 is 10.2 Å². The quantitative estimate of drug-likeness (QED) is 0.619. The van der Waals surface area contributed by atoms with Gasteiger partial charge in [-0.15, -0.1) is 0 Å². The van der Waals surface area contributed by atoms with E-state index in [4.69, 9.17) is 11.3 Å². The summed E-state index contributed by atoms with van der Waals surface area (Å²) >= 11 is 0. The van der Waals surface area contributed by atoms with Crippen LogP contribution in [0.3, 0.4) is 0 Å². The van der Waals surface area contributed by atoms with Gasteiger partial charge >= 0.3 is 6.09 Å². The summed E-state index contributed by atoms with van der Waals surface area (Å²) in [5, 5.41) is 12.5. The molecule has 0 radical (unpaired) electrons. The highest BCUT2D eigenvalue weighted by Gasteiger charge is 2.50. The van der Waals surface area contributed by atoms with Crippen molar-refractivity contribution in [1.29, 1.82) is 0 Å². The van der Waals surface area contributed by atoms with Crippen LogP contribution in [0.4, 0.5) is 21.9 Å². The van der Waals surface area contributed by atoms with E-state index in [1.165, 1.54) is 0 Å². The second kappa shape index (κ2) is 10.2. The van der Waals surface area contributed by atoms with Gasteiger partial charge in [-0.1, -0.05) is 13.8 Å². The van der Waals surface area contributed by atoms with E-state index in [0.29, 0.717) is 24.5 Å². The zero-order valence-corrected chi connectivity index (χ0v) is 20.3. The maximum absolute atomic E-state index is 13.6. The number of aliphatic hydroxyl groups excluding tert-OH is 1. The van der Waals surface area contributed by atoms with Crippen molar-refractivity contribution in [3.05, 3.63) is 29.6 Å². The Morgan fingerprint density at radius 2 is 2.03 bits per heavy atom. The minimum absolute atomic E-state index is 0.227. The van der Waals surface area contributed by atoms with Crippen molar-refractivity contribution in [1.82, 2.24) is 4.90 Å². The molecule has 184 valence electrons. The number of piperidine rings is 1. The molecule has 8 heteroatoms. The van der Waals surface area contributed by atoms with Gasteiger partial charge in [-0.2, -0.15) is 0 Å². The van der Waals surface area contributed by atoms with Gasteiger partial charge in [-0.25, -0.2) is 9.64 Å². The number of benzene rings is 1. The van der Waals surface area contributed by atoms with E-state index < -0.39 is 11.5 Å². The van der Waals surface area contributed by atoms with Gasteiger partial charge in [-0.3, -0.25) is 10.1 Å². The standard InChI is InChI=1S/C26H36N4O4/c1-18(2)16-34-25(33)28-19-5-10-23(22(15-19)27-3)29-13-4-11-26(17-29)12-14-30(24(26)32)20-6-8-21(31)9-7-20/h5,10,15,18,20-21,31H,4,6-9,11-14,16-17H2,1-2H3,(H,28,33)/t20?,21?,26-/m0/s1. The van der Waals surface area contributed by atoms with Gasteiger partial charge in [0.2, 0.25) is 11.6 Å². The van der Waals surface area contributed by atoms with Crippen LogP contribution >= 0.6 is 0 Å². The molecule has 2 aliphatic heterocycles. The molecule has 2 amide bonds. The Bertz CT molecular complexity index is 951. The predicted molar refractivity (Wildman–Crippen MR) is 131 cm³/mol. The van der Waals surface area contributed by atoms with Gasteiger partial charge in [0, 0.05) is 37.1 Å². The van der Waals surface area contributed by atoms with Crippen molar-refractivity contribution in [3.63, 3.8) is 0 Å². The highest BCUT2D eigenvalue weighted by atomic mass is 16.5. The molecule has 8 nitrogen and oxygen atoms in total. The van der Waals surface area contributed by atoms with Crippen LogP contribution in [0.25, 0.3) is 4.85 Å². The van der Waals surface area contributed by atoms with Gasteiger partial charge in [0.05, 0.1) is 24.7 Å². The molecule has 2 heterocycles. The summed E-state index contributed by atoms with van der Waals surface area (Å²) in [5.74, 6) is 0.492. The first-order chi connectivity index (χ1) is 16.3. The predicted octanol–water partition coefficient (Wildman–Crippen LogP) is 4.56. The average Bonchev–Trinajstić information content (AvgIpc) is 3.13. The SMILES string of the molecule is [C-]#[N+]c1cc(NC(=O)OCC(C)C)ccc1N1CCC[C@]2(CCN(C3CCC(O)CC3)C2=O)C1. The molecule has 1 saturated carbocycles. The van der Waals surface area contributed by atoms with Gasteiger partial charge in [-0.05, 0) is 69.1 Å². The summed E-state index contributed by atoms with van der Waals surface area (Å²) in [4.78, 5) is 33.6. The van der Waals surface area contributed by atoms with E-state index in [-0.39, 0.29) is 24.0 Å². The molecule has 1 aliphatic carbocycles. The lowest BCUT2D eigenvalue weighted by Gasteiger charge is -2.42. The van der Waals surface area contributed by atoms with Crippen LogP contribution in [-0.4, -0.2) is 60.4 Å². The lowest BCUT2D eigenvalue weighted by atomic mass is 9.78. The number of likely N-dealkylation sites (tertiary alicyclic amines) is 1. The average molecular weight is 469 g/mol. The molecule has 2 saturated heterocycles. The lowest BCUT2D eigenvalue weighted by Crippen LogP contribution is -2.50. The zero-order valence-electron chi connectivity index (χ0n) is 20.3. The molecule has 1 aromatic carbocycles. The van der Waals surface area contributed by atoms with Crippen molar-refractivity contribution in [2.24, 2.45) is 11.3 Å². The van der Waals surface area contributed by atoms with Crippen molar-refractivity contribution in [2.45, 2.75) is 70.9 Å². The van der Waals surface area contributed by atoms with Crippen molar-refractivity contribution >= 4 is 29.1 Å². The molecular formula is C26H36N4O4. The molecule has 0 bridgehead atoms. The topological polar surface area (TPSA) is 86.5 Å². The number of nitrogens with zero attached hydrogens (tertiary/aromatic N) is 3. The smallest absolute Gasteiger partial charge is 0.411 e. The summed E-state index contributed by atoms with van der Waals surface area (Å²) in [7, 11) is 0. The first-order valence-electron chi connectivity index (χ1n) is 12.5. The maximum atomic E-state index is 13.6. The van der Waals surface area contributed by atoms with Crippen LogP contribution in [0.15, 0.2) is 18.2 Å². The maximum Gasteiger partial charge on any atom is 0.411 e. The molecule has 0 aromatic heterocycles. The first kappa shape index (κ1) is 24.3. The highest BCUT2D eigenvalue weighted by molar-refractivity contribution is 5.89. The number of carbonyl (C=O) groups excluding carboxylic acids is 2. The minimum Gasteiger partial charge on any atom is -0.449 e. The summed E-state index contributed by atoms with van der Waals surface area (Å²) in [6.45, 7) is 14.2. The van der Waals surface area contributed by atoms with Gasteiger partial charge in [0.25, 0.3) is 0 Å². The van der Waals surface area contributed by atoms with Crippen LogP contribution in [0.2, 0.25) is 0 Å². The van der Waals surface area contributed by atoms with Crippen molar-refractivity contribution in [2.75, 3.05) is 36.5 Å². The molecular weight excluding hydrogens is 432 g/mol. The van der Waals surface area contributed by atoms with E-state index >= 15 is 0 Å². The van der Waals surface area contributed by atoms with E-state index in [9.17, 15) is 14.7 Å². The highest BCUT2D eigenvalue weighted by Crippen LogP contribution is 2.45. The van der Waals surface area contributed by atoms with E-state index in [1.54, 1.807) is 12.1 Å². The Morgan fingerprint density at radius 1 is 1.26 bits per heavy atom. The second-order valence-corrected chi connectivity index (χ2v) is 10.4. The molecule has 1 atom stereocenters. The first-order valence-corrected chi connectivity index (χ1v) is 12.5. The molecule has 1 spiro atoms. The third-order valence-corrected chi connectivity index (χ3v) is 7.46. The second-order valence-electron chi connectivity index (χ2n) is 10.4. The molecule has 4 rings (SSSR count). The van der Waals surface area contributed by atoms with Crippen LogP contribution in [-0.2, 0) is 9.53 Å².